The maximum Gasteiger partial charge on any atom is 0.343 e. The quantitative estimate of drug-likeness (QED) is 0.823. The zero-order valence-corrected chi connectivity index (χ0v) is 10.1. The zero-order valence-electron chi connectivity index (χ0n) is 10.1. The molecule has 0 radical (unpaired) electrons. The van der Waals surface area contributed by atoms with Crippen LogP contribution in [0.1, 0.15) is 29.3 Å². The summed E-state index contributed by atoms with van der Waals surface area (Å²) >= 11 is 0. The Bertz CT molecular complexity index is 425. The Hall–Kier alpha value is -1.91. The summed E-state index contributed by atoms with van der Waals surface area (Å²) in [6, 6.07) is 1.60. The van der Waals surface area contributed by atoms with E-state index in [0.29, 0.717) is 17.7 Å². The van der Waals surface area contributed by atoms with Gasteiger partial charge in [0, 0.05) is 0 Å². The lowest BCUT2D eigenvalue weighted by Crippen LogP contribution is -2.05. The van der Waals surface area contributed by atoms with Crippen LogP contribution in [0.4, 0.5) is 0 Å². The predicted molar refractivity (Wildman–Crippen MR) is 62.2 cm³/mol. The van der Waals surface area contributed by atoms with Gasteiger partial charge >= 0.3 is 5.97 Å². The molecule has 5 heteroatoms. The maximum atomic E-state index is 11.1. The molecule has 0 saturated carbocycles. The van der Waals surface area contributed by atoms with E-state index < -0.39 is 5.97 Å². The smallest absolute Gasteiger partial charge is 0.343 e. The van der Waals surface area contributed by atoms with Crippen LogP contribution in [0.2, 0.25) is 0 Å². The number of hydrogen-bond donors (Lipinski definition) is 2. The first-order valence-corrected chi connectivity index (χ1v) is 5.26. The van der Waals surface area contributed by atoms with Crippen LogP contribution in [-0.2, 0) is 6.42 Å². The summed E-state index contributed by atoms with van der Waals surface area (Å²) in [5.74, 6) is -1.14. The van der Waals surface area contributed by atoms with Crippen molar-refractivity contribution in [3.05, 3.63) is 17.2 Å². The van der Waals surface area contributed by atoms with Gasteiger partial charge in [0.2, 0.25) is 0 Å². The Morgan fingerprint density at radius 2 is 2.00 bits per heavy atom. The van der Waals surface area contributed by atoms with Crippen molar-refractivity contribution in [2.75, 3.05) is 14.2 Å². The van der Waals surface area contributed by atoms with E-state index in [1.807, 2.05) is 6.92 Å². The van der Waals surface area contributed by atoms with Gasteiger partial charge in [0.1, 0.15) is 11.3 Å². The molecule has 1 aromatic carbocycles. The highest BCUT2D eigenvalue weighted by atomic mass is 16.5. The lowest BCUT2D eigenvalue weighted by molar-refractivity contribution is 0.0689. The van der Waals surface area contributed by atoms with E-state index in [2.05, 4.69) is 0 Å². The number of aromatic hydroxyl groups is 1. The van der Waals surface area contributed by atoms with Crippen LogP contribution in [0.3, 0.4) is 0 Å². The maximum absolute atomic E-state index is 11.1. The third-order valence-electron chi connectivity index (χ3n) is 2.45. The second-order valence-corrected chi connectivity index (χ2v) is 3.55. The van der Waals surface area contributed by atoms with Crippen molar-refractivity contribution in [3.8, 4) is 17.2 Å². The normalized spacial score (nSPS) is 10.1. The number of methoxy groups -OCH3 is 2. The average molecular weight is 240 g/mol. The fourth-order valence-electron chi connectivity index (χ4n) is 1.70. The van der Waals surface area contributed by atoms with Crippen LogP contribution in [-0.4, -0.2) is 30.4 Å². The Balaban J connectivity index is 3.50. The van der Waals surface area contributed by atoms with Gasteiger partial charge in [-0.1, -0.05) is 13.3 Å². The molecule has 0 aliphatic carbocycles. The van der Waals surface area contributed by atoms with Crippen molar-refractivity contribution < 1.29 is 24.5 Å². The second-order valence-electron chi connectivity index (χ2n) is 3.55. The van der Waals surface area contributed by atoms with Crippen molar-refractivity contribution in [1.82, 2.24) is 0 Å². The predicted octanol–water partition coefficient (Wildman–Crippen LogP) is 2.06. The summed E-state index contributed by atoms with van der Waals surface area (Å²) in [5.41, 5.74) is 0.290. The van der Waals surface area contributed by atoms with Gasteiger partial charge in [-0.25, -0.2) is 4.79 Å². The number of carboxylic acid groups (broad SMARTS) is 1. The molecule has 94 valence electrons. The Morgan fingerprint density at radius 3 is 2.41 bits per heavy atom. The highest BCUT2D eigenvalue weighted by Crippen LogP contribution is 2.40. The second kappa shape index (κ2) is 5.43. The van der Waals surface area contributed by atoms with Gasteiger partial charge < -0.3 is 19.7 Å². The number of carboxylic acids is 1. The standard InChI is InChI=1S/C12H16O5/c1-4-5-7-6-8(16-2)11(17-3)9(10(7)13)12(14)15/h6,13H,4-5H2,1-3H3,(H,14,15). The van der Waals surface area contributed by atoms with E-state index in [-0.39, 0.29) is 17.1 Å². The minimum Gasteiger partial charge on any atom is -0.507 e. The highest BCUT2D eigenvalue weighted by molar-refractivity contribution is 5.95. The number of ether oxygens (including phenoxy) is 2. The molecule has 0 aliphatic rings. The molecule has 0 saturated heterocycles. The van der Waals surface area contributed by atoms with Crippen molar-refractivity contribution >= 4 is 5.97 Å². The molecular formula is C12H16O5. The van der Waals surface area contributed by atoms with E-state index in [9.17, 15) is 9.90 Å². The Morgan fingerprint density at radius 1 is 1.35 bits per heavy atom. The molecule has 0 aliphatic heterocycles. The molecule has 0 spiro atoms. The van der Waals surface area contributed by atoms with Gasteiger partial charge in [-0.3, -0.25) is 0 Å². The summed E-state index contributed by atoms with van der Waals surface area (Å²) in [5, 5.41) is 19.0. The fraction of sp³-hybridized carbons (Fsp3) is 0.417. The van der Waals surface area contributed by atoms with E-state index in [0.717, 1.165) is 6.42 Å². The first-order chi connectivity index (χ1) is 8.06. The molecule has 0 fully saturated rings. The largest absolute Gasteiger partial charge is 0.507 e. The number of aryl methyl sites for hydroxylation is 1. The molecule has 0 aromatic heterocycles. The van der Waals surface area contributed by atoms with E-state index >= 15 is 0 Å². The third-order valence-corrected chi connectivity index (χ3v) is 2.45. The zero-order chi connectivity index (χ0) is 13.0. The topological polar surface area (TPSA) is 76.0 Å². The third kappa shape index (κ3) is 2.43. The SMILES string of the molecule is CCCc1cc(OC)c(OC)c(C(=O)O)c1O. The van der Waals surface area contributed by atoms with Crippen molar-refractivity contribution in [1.29, 1.82) is 0 Å². The van der Waals surface area contributed by atoms with Gasteiger partial charge in [-0.05, 0) is 18.1 Å². The highest BCUT2D eigenvalue weighted by Gasteiger charge is 2.23. The summed E-state index contributed by atoms with van der Waals surface area (Å²) in [7, 11) is 2.76. The molecular weight excluding hydrogens is 224 g/mol. The summed E-state index contributed by atoms with van der Waals surface area (Å²) in [6.45, 7) is 1.94. The molecule has 0 atom stereocenters. The van der Waals surface area contributed by atoms with Gasteiger partial charge in [-0.15, -0.1) is 0 Å². The molecule has 0 unspecified atom stereocenters. The van der Waals surface area contributed by atoms with Crippen LogP contribution in [0.25, 0.3) is 0 Å². The summed E-state index contributed by atoms with van der Waals surface area (Å²) < 4.78 is 10.0. The van der Waals surface area contributed by atoms with Crippen LogP contribution in [0.5, 0.6) is 17.2 Å². The molecule has 2 N–H and O–H groups in total. The van der Waals surface area contributed by atoms with E-state index in [1.165, 1.54) is 14.2 Å². The molecule has 5 nitrogen and oxygen atoms in total. The van der Waals surface area contributed by atoms with E-state index in [1.54, 1.807) is 6.07 Å². The molecule has 17 heavy (non-hydrogen) atoms. The van der Waals surface area contributed by atoms with Gasteiger partial charge in [-0.2, -0.15) is 0 Å². The van der Waals surface area contributed by atoms with Crippen LogP contribution >= 0.6 is 0 Å². The number of phenols is 1. The average Bonchev–Trinajstić information content (AvgIpc) is 2.30. The lowest BCUT2D eigenvalue weighted by atomic mass is 10.0. The number of benzene rings is 1. The number of carbonyl (C=O) groups is 1. The molecule has 1 aromatic rings. The Kier molecular flexibility index (Phi) is 4.20. The molecule has 0 amide bonds. The fourth-order valence-corrected chi connectivity index (χ4v) is 1.70. The van der Waals surface area contributed by atoms with E-state index in [4.69, 9.17) is 14.6 Å². The molecule has 0 heterocycles. The van der Waals surface area contributed by atoms with Gasteiger partial charge in [0.15, 0.2) is 11.5 Å². The van der Waals surface area contributed by atoms with Gasteiger partial charge in [0.05, 0.1) is 14.2 Å². The van der Waals surface area contributed by atoms with Crippen molar-refractivity contribution in [3.63, 3.8) is 0 Å². The lowest BCUT2D eigenvalue weighted by Gasteiger charge is -2.14. The number of hydrogen-bond acceptors (Lipinski definition) is 4. The minimum absolute atomic E-state index is 0.0392. The molecule has 0 bridgehead atoms. The first kappa shape index (κ1) is 13.2. The first-order valence-electron chi connectivity index (χ1n) is 5.26. The number of rotatable bonds is 5. The van der Waals surface area contributed by atoms with Crippen LogP contribution in [0, 0.1) is 0 Å². The Labute approximate surface area is 99.6 Å². The van der Waals surface area contributed by atoms with Gasteiger partial charge in [0.25, 0.3) is 0 Å². The van der Waals surface area contributed by atoms with Crippen molar-refractivity contribution in [2.24, 2.45) is 0 Å². The molecule has 1 rings (SSSR count). The van der Waals surface area contributed by atoms with Crippen LogP contribution in [0.15, 0.2) is 6.07 Å². The monoisotopic (exact) mass is 240 g/mol. The number of aromatic carboxylic acids is 1. The summed E-state index contributed by atoms with van der Waals surface area (Å²) in [6.07, 6.45) is 1.37. The minimum atomic E-state index is -1.24. The van der Waals surface area contributed by atoms with Crippen LogP contribution < -0.4 is 9.47 Å². The van der Waals surface area contributed by atoms with Crippen molar-refractivity contribution in [2.45, 2.75) is 19.8 Å². The summed E-state index contributed by atoms with van der Waals surface area (Å²) in [4.78, 5) is 11.1.